The average molecular weight is 395 g/mol. The van der Waals surface area contributed by atoms with E-state index in [4.69, 9.17) is 4.74 Å². The van der Waals surface area contributed by atoms with Crippen LogP contribution in [0.25, 0.3) is 0 Å². The van der Waals surface area contributed by atoms with Crippen molar-refractivity contribution in [3.8, 4) is 0 Å². The molecular formula is C19H27BrN2O2. The fourth-order valence-corrected chi connectivity index (χ4v) is 4.17. The van der Waals surface area contributed by atoms with Crippen LogP contribution in [0.2, 0.25) is 0 Å². The van der Waals surface area contributed by atoms with E-state index in [1.807, 2.05) is 25.7 Å². The second-order valence-corrected chi connectivity index (χ2v) is 8.98. The number of nitrogens with zero attached hydrogens (tertiary/aromatic N) is 2. The first-order valence-corrected chi connectivity index (χ1v) is 9.46. The van der Waals surface area contributed by atoms with Crippen molar-refractivity contribution in [2.24, 2.45) is 11.8 Å². The van der Waals surface area contributed by atoms with Crippen molar-refractivity contribution >= 4 is 22.0 Å². The van der Waals surface area contributed by atoms with Gasteiger partial charge < -0.3 is 9.64 Å². The largest absolute Gasteiger partial charge is 0.444 e. The summed E-state index contributed by atoms with van der Waals surface area (Å²) in [7, 11) is 0. The van der Waals surface area contributed by atoms with Gasteiger partial charge in [-0.3, -0.25) is 4.90 Å². The summed E-state index contributed by atoms with van der Waals surface area (Å²) in [4.78, 5) is 16.6. The lowest BCUT2D eigenvalue weighted by Gasteiger charge is -2.26. The highest BCUT2D eigenvalue weighted by Gasteiger charge is 2.42. The summed E-state index contributed by atoms with van der Waals surface area (Å²) in [6.07, 6.45) is -0.161. The van der Waals surface area contributed by atoms with Crippen molar-refractivity contribution in [2.45, 2.75) is 39.8 Å². The van der Waals surface area contributed by atoms with E-state index in [0.29, 0.717) is 11.8 Å². The Morgan fingerprint density at radius 2 is 1.83 bits per heavy atom. The summed E-state index contributed by atoms with van der Waals surface area (Å²) in [6.45, 7) is 12.7. The number of carbonyl (C=O) groups is 1. The number of amides is 1. The van der Waals surface area contributed by atoms with E-state index in [1.54, 1.807) is 0 Å². The van der Waals surface area contributed by atoms with Gasteiger partial charge in [-0.25, -0.2) is 4.79 Å². The molecular weight excluding hydrogens is 368 g/mol. The Morgan fingerprint density at radius 3 is 2.42 bits per heavy atom. The van der Waals surface area contributed by atoms with Crippen LogP contribution < -0.4 is 0 Å². The molecule has 1 aromatic carbocycles. The summed E-state index contributed by atoms with van der Waals surface area (Å²) in [5.74, 6) is 1.15. The van der Waals surface area contributed by atoms with Gasteiger partial charge in [-0.1, -0.05) is 28.1 Å². The first kappa shape index (κ1) is 17.7. The summed E-state index contributed by atoms with van der Waals surface area (Å²) in [6, 6.07) is 6.41. The molecule has 2 saturated heterocycles. The maximum atomic E-state index is 12.2. The molecule has 3 rings (SSSR count). The highest BCUT2D eigenvalue weighted by Crippen LogP contribution is 2.33. The van der Waals surface area contributed by atoms with Gasteiger partial charge >= 0.3 is 6.09 Å². The molecule has 0 aliphatic carbocycles. The standard InChI is InChI=1S/C19H27BrN2O2/c1-13-14(6-5-7-17(13)20)8-21-9-15-11-22(12-16(15)10-21)18(23)24-19(2,3)4/h5-7,15-16H,8-12H2,1-4H3. The fraction of sp³-hybridized carbons (Fsp3) is 0.632. The molecule has 0 saturated carbocycles. The molecule has 2 unspecified atom stereocenters. The second-order valence-electron chi connectivity index (χ2n) is 8.12. The molecule has 1 amide bonds. The molecule has 4 nitrogen and oxygen atoms in total. The molecule has 1 aromatic rings. The quantitative estimate of drug-likeness (QED) is 0.757. The SMILES string of the molecule is Cc1c(Br)cccc1CN1CC2CN(C(=O)OC(C)(C)C)CC2C1. The van der Waals surface area contributed by atoms with Gasteiger partial charge in [-0.05, 0) is 56.7 Å². The molecule has 2 heterocycles. The lowest BCUT2D eigenvalue weighted by Crippen LogP contribution is -2.37. The van der Waals surface area contributed by atoms with Gasteiger partial charge in [0.15, 0.2) is 0 Å². The van der Waals surface area contributed by atoms with Crippen molar-refractivity contribution in [3.63, 3.8) is 0 Å². The van der Waals surface area contributed by atoms with E-state index in [1.165, 1.54) is 15.6 Å². The Labute approximate surface area is 153 Å². The highest BCUT2D eigenvalue weighted by atomic mass is 79.9. The highest BCUT2D eigenvalue weighted by molar-refractivity contribution is 9.10. The van der Waals surface area contributed by atoms with E-state index in [9.17, 15) is 4.79 Å². The molecule has 2 aliphatic heterocycles. The van der Waals surface area contributed by atoms with Crippen LogP contribution in [0.5, 0.6) is 0 Å². The van der Waals surface area contributed by atoms with Crippen LogP contribution in [0.15, 0.2) is 22.7 Å². The van der Waals surface area contributed by atoms with Crippen LogP contribution >= 0.6 is 15.9 Å². The minimum Gasteiger partial charge on any atom is -0.444 e. The Kier molecular flexibility index (Phi) is 4.94. The zero-order chi connectivity index (χ0) is 17.5. The zero-order valence-corrected chi connectivity index (χ0v) is 16.6. The lowest BCUT2D eigenvalue weighted by atomic mass is 10.0. The third kappa shape index (κ3) is 3.94. The Hall–Kier alpha value is -1.07. The molecule has 0 spiro atoms. The Balaban J connectivity index is 1.55. The number of fused-ring (bicyclic) bond motifs is 1. The summed E-state index contributed by atoms with van der Waals surface area (Å²) in [5, 5.41) is 0. The molecule has 0 N–H and O–H groups in total. The normalized spacial score (nSPS) is 24.3. The van der Waals surface area contributed by atoms with Crippen molar-refractivity contribution in [3.05, 3.63) is 33.8 Å². The number of carbonyl (C=O) groups excluding carboxylic acids is 1. The number of benzene rings is 1. The number of rotatable bonds is 2. The summed E-state index contributed by atoms with van der Waals surface area (Å²) < 4.78 is 6.68. The van der Waals surface area contributed by atoms with E-state index < -0.39 is 5.60 Å². The first-order chi connectivity index (χ1) is 11.2. The molecule has 2 aliphatic rings. The Morgan fingerprint density at radius 1 is 1.21 bits per heavy atom. The summed E-state index contributed by atoms with van der Waals surface area (Å²) in [5.41, 5.74) is 2.29. The van der Waals surface area contributed by atoms with Gasteiger partial charge in [-0.15, -0.1) is 0 Å². The minimum atomic E-state index is -0.418. The minimum absolute atomic E-state index is 0.161. The molecule has 2 fully saturated rings. The molecule has 0 bridgehead atoms. The topological polar surface area (TPSA) is 32.8 Å². The predicted molar refractivity (Wildman–Crippen MR) is 98.9 cm³/mol. The number of hydrogen-bond acceptors (Lipinski definition) is 3. The van der Waals surface area contributed by atoms with E-state index in [0.717, 1.165) is 32.7 Å². The van der Waals surface area contributed by atoms with Crippen molar-refractivity contribution in [1.29, 1.82) is 0 Å². The summed E-state index contributed by atoms with van der Waals surface area (Å²) >= 11 is 3.62. The van der Waals surface area contributed by atoms with Crippen LogP contribution in [-0.4, -0.2) is 47.7 Å². The monoisotopic (exact) mass is 394 g/mol. The molecule has 5 heteroatoms. The van der Waals surface area contributed by atoms with Crippen molar-refractivity contribution in [2.75, 3.05) is 26.2 Å². The first-order valence-electron chi connectivity index (χ1n) is 8.67. The fourth-order valence-electron chi connectivity index (χ4n) is 3.76. The van der Waals surface area contributed by atoms with Gasteiger partial charge in [-0.2, -0.15) is 0 Å². The van der Waals surface area contributed by atoms with E-state index in [2.05, 4.69) is 46.0 Å². The van der Waals surface area contributed by atoms with Gasteiger partial charge in [0.25, 0.3) is 0 Å². The van der Waals surface area contributed by atoms with Crippen LogP contribution in [0.1, 0.15) is 31.9 Å². The number of likely N-dealkylation sites (tertiary alicyclic amines) is 2. The average Bonchev–Trinajstić information content (AvgIpc) is 3.00. The second kappa shape index (κ2) is 6.68. The van der Waals surface area contributed by atoms with Gasteiger partial charge in [0.05, 0.1) is 0 Å². The molecule has 132 valence electrons. The van der Waals surface area contributed by atoms with E-state index in [-0.39, 0.29) is 6.09 Å². The maximum Gasteiger partial charge on any atom is 0.410 e. The van der Waals surface area contributed by atoms with Gasteiger partial charge in [0.1, 0.15) is 5.60 Å². The van der Waals surface area contributed by atoms with Crippen LogP contribution in [0.4, 0.5) is 4.79 Å². The van der Waals surface area contributed by atoms with E-state index >= 15 is 0 Å². The molecule has 2 atom stereocenters. The Bertz CT molecular complexity index is 612. The molecule has 24 heavy (non-hydrogen) atoms. The number of halogens is 1. The van der Waals surface area contributed by atoms with Crippen LogP contribution in [0, 0.1) is 18.8 Å². The van der Waals surface area contributed by atoms with Gasteiger partial charge in [0.2, 0.25) is 0 Å². The molecule has 0 radical (unpaired) electrons. The maximum absolute atomic E-state index is 12.2. The van der Waals surface area contributed by atoms with Crippen molar-refractivity contribution in [1.82, 2.24) is 9.80 Å². The third-order valence-electron chi connectivity index (χ3n) is 4.99. The van der Waals surface area contributed by atoms with Crippen LogP contribution in [-0.2, 0) is 11.3 Å². The number of hydrogen-bond donors (Lipinski definition) is 0. The lowest BCUT2D eigenvalue weighted by molar-refractivity contribution is 0.0274. The number of ether oxygens (including phenoxy) is 1. The zero-order valence-electron chi connectivity index (χ0n) is 15.0. The van der Waals surface area contributed by atoms with Crippen molar-refractivity contribution < 1.29 is 9.53 Å². The van der Waals surface area contributed by atoms with Gasteiger partial charge in [0, 0.05) is 37.2 Å². The molecule has 0 aromatic heterocycles. The van der Waals surface area contributed by atoms with Crippen LogP contribution in [0.3, 0.4) is 0 Å². The third-order valence-corrected chi connectivity index (χ3v) is 5.85. The predicted octanol–water partition coefficient (Wildman–Crippen LogP) is 4.06. The smallest absolute Gasteiger partial charge is 0.410 e.